The smallest absolute Gasteiger partial charge is 0.327 e. The van der Waals surface area contributed by atoms with Gasteiger partial charge in [-0.3, -0.25) is 4.79 Å². The van der Waals surface area contributed by atoms with Gasteiger partial charge in [0.05, 0.1) is 0 Å². The number of carboxylic acid groups (broad SMARTS) is 1. The van der Waals surface area contributed by atoms with Crippen LogP contribution in [0, 0.1) is 6.92 Å². The Bertz CT molecular complexity index is 735. The van der Waals surface area contributed by atoms with E-state index in [4.69, 9.17) is 0 Å². The average Bonchev–Trinajstić information content (AvgIpc) is 3.04. The van der Waals surface area contributed by atoms with Crippen molar-refractivity contribution in [2.75, 3.05) is 0 Å². The fourth-order valence-corrected chi connectivity index (χ4v) is 3.85. The molecule has 0 aliphatic heterocycles. The zero-order valence-corrected chi connectivity index (χ0v) is 13.1. The number of thiophene rings is 1. The lowest BCUT2D eigenvalue weighted by Crippen LogP contribution is -2.33. The summed E-state index contributed by atoms with van der Waals surface area (Å²) in [5, 5.41) is 10.7. The lowest BCUT2D eigenvalue weighted by atomic mass is 10.3. The third-order valence-electron chi connectivity index (χ3n) is 2.92. The standard InChI is InChI=1S/C12H15N3O4S2/c1-3-15-7-10(13-8(15)2)21(18,19)14-11(12(16)17)9-5-4-6-20-9/h4-7,11,14H,3H2,1-2H3,(H,16,17). The molecule has 1 atom stereocenters. The van der Waals surface area contributed by atoms with Gasteiger partial charge >= 0.3 is 5.97 Å². The van der Waals surface area contributed by atoms with E-state index >= 15 is 0 Å². The third-order valence-corrected chi connectivity index (χ3v) is 5.15. The van der Waals surface area contributed by atoms with Crippen LogP contribution >= 0.6 is 11.3 Å². The van der Waals surface area contributed by atoms with Crippen LogP contribution in [0.15, 0.2) is 28.7 Å². The molecule has 0 saturated heterocycles. The number of carbonyl (C=O) groups is 1. The summed E-state index contributed by atoms with van der Waals surface area (Å²) in [6.07, 6.45) is 1.39. The fourth-order valence-electron chi connectivity index (χ4n) is 1.83. The van der Waals surface area contributed by atoms with Gasteiger partial charge in [0, 0.05) is 17.6 Å². The van der Waals surface area contributed by atoms with E-state index in [1.54, 1.807) is 29.0 Å². The van der Waals surface area contributed by atoms with Gasteiger partial charge in [-0.25, -0.2) is 13.4 Å². The van der Waals surface area contributed by atoms with Gasteiger partial charge in [-0.2, -0.15) is 4.72 Å². The number of nitrogens with zero attached hydrogens (tertiary/aromatic N) is 2. The normalized spacial score (nSPS) is 13.2. The van der Waals surface area contributed by atoms with Crippen LogP contribution in [0.2, 0.25) is 0 Å². The van der Waals surface area contributed by atoms with Gasteiger partial charge in [0.15, 0.2) is 11.1 Å². The molecule has 114 valence electrons. The zero-order chi connectivity index (χ0) is 15.6. The average molecular weight is 329 g/mol. The molecule has 2 aromatic heterocycles. The van der Waals surface area contributed by atoms with Crippen molar-refractivity contribution in [3.8, 4) is 0 Å². The van der Waals surface area contributed by atoms with Gasteiger partial charge in [0.25, 0.3) is 10.0 Å². The van der Waals surface area contributed by atoms with Gasteiger partial charge in [0.2, 0.25) is 0 Å². The first-order valence-electron chi connectivity index (χ1n) is 6.17. The van der Waals surface area contributed by atoms with E-state index in [2.05, 4.69) is 9.71 Å². The molecule has 0 aromatic carbocycles. The minimum atomic E-state index is -4.00. The number of carboxylic acids is 1. The molecular formula is C12H15N3O4S2. The maximum absolute atomic E-state index is 12.3. The number of hydrogen-bond donors (Lipinski definition) is 2. The Morgan fingerprint density at radius 3 is 2.76 bits per heavy atom. The number of rotatable bonds is 6. The molecule has 2 N–H and O–H groups in total. The van der Waals surface area contributed by atoms with E-state index in [9.17, 15) is 18.3 Å². The number of aryl methyl sites for hydroxylation is 2. The molecule has 7 nitrogen and oxygen atoms in total. The molecule has 0 bridgehead atoms. The molecule has 21 heavy (non-hydrogen) atoms. The van der Waals surface area contributed by atoms with Crippen LogP contribution in [0.5, 0.6) is 0 Å². The summed E-state index contributed by atoms with van der Waals surface area (Å²) in [6, 6.07) is 1.92. The second-order valence-corrected chi connectivity index (χ2v) is 6.96. The Hall–Kier alpha value is -1.71. The molecule has 0 aliphatic carbocycles. The number of aromatic nitrogens is 2. The highest BCUT2D eigenvalue weighted by Crippen LogP contribution is 2.21. The Morgan fingerprint density at radius 1 is 1.57 bits per heavy atom. The number of nitrogens with one attached hydrogen (secondary N) is 1. The monoisotopic (exact) mass is 329 g/mol. The van der Waals surface area contributed by atoms with Crippen LogP contribution in [0.1, 0.15) is 23.7 Å². The first-order chi connectivity index (χ1) is 9.85. The van der Waals surface area contributed by atoms with Crippen molar-refractivity contribution in [1.82, 2.24) is 14.3 Å². The molecular weight excluding hydrogens is 314 g/mol. The predicted octanol–water partition coefficient (Wildman–Crippen LogP) is 1.38. The molecule has 0 spiro atoms. The second kappa shape index (κ2) is 5.96. The molecule has 9 heteroatoms. The van der Waals surface area contributed by atoms with E-state index in [0.29, 0.717) is 17.2 Å². The molecule has 0 amide bonds. The van der Waals surface area contributed by atoms with Crippen molar-refractivity contribution in [3.63, 3.8) is 0 Å². The van der Waals surface area contributed by atoms with Gasteiger partial charge in [-0.05, 0) is 25.3 Å². The van der Waals surface area contributed by atoms with Crippen molar-refractivity contribution in [2.45, 2.75) is 31.5 Å². The lowest BCUT2D eigenvalue weighted by Gasteiger charge is -2.11. The van der Waals surface area contributed by atoms with Crippen LogP contribution in [-0.4, -0.2) is 29.0 Å². The molecule has 2 aromatic rings. The van der Waals surface area contributed by atoms with Gasteiger partial charge < -0.3 is 9.67 Å². The van der Waals surface area contributed by atoms with Crippen LogP contribution < -0.4 is 4.72 Å². The highest BCUT2D eigenvalue weighted by Gasteiger charge is 2.29. The van der Waals surface area contributed by atoms with Gasteiger partial charge in [-0.15, -0.1) is 11.3 Å². The maximum Gasteiger partial charge on any atom is 0.327 e. The van der Waals surface area contributed by atoms with Crippen LogP contribution in [0.25, 0.3) is 0 Å². The third kappa shape index (κ3) is 3.31. The van der Waals surface area contributed by atoms with Crippen molar-refractivity contribution in [1.29, 1.82) is 0 Å². The summed E-state index contributed by atoms with van der Waals surface area (Å²) in [4.78, 5) is 15.7. The number of hydrogen-bond acceptors (Lipinski definition) is 5. The van der Waals surface area contributed by atoms with Crippen LogP contribution in [0.3, 0.4) is 0 Å². The molecule has 0 aliphatic rings. The minimum Gasteiger partial charge on any atom is -0.480 e. The van der Waals surface area contributed by atoms with Crippen molar-refractivity contribution >= 4 is 27.3 Å². The largest absolute Gasteiger partial charge is 0.480 e. The van der Waals surface area contributed by atoms with E-state index in [1.165, 1.54) is 17.5 Å². The summed E-state index contributed by atoms with van der Waals surface area (Å²) in [6.45, 7) is 4.14. The van der Waals surface area contributed by atoms with Crippen molar-refractivity contribution in [2.24, 2.45) is 0 Å². The second-order valence-electron chi connectivity index (χ2n) is 4.32. The Labute approximate surface area is 126 Å². The highest BCUT2D eigenvalue weighted by molar-refractivity contribution is 7.89. The predicted molar refractivity (Wildman–Crippen MR) is 77.7 cm³/mol. The van der Waals surface area contributed by atoms with Crippen LogP contribution in [-0.2, 0) is 21.4 Å². The van der Waals surface area contributed by atoms with Gasteiger partial charge in [-0.1, -0.05) is 6.07 Å². The summed E-state index contributed by atoms with van der Waals surface area (Å²) < 4.78 is 28.4. The fraction of sp³-hybridized carbons (Fsp3) is 0.333. The number of aliphatic carboxylic acids is 1. The molecule has 2 heterocycles. The summed E-state index contributed by atoms with van der Waals surface area (Å²) >= 11 is 1.17. The highest BCUT2D eigenvalue weighted by atomic mass is 32.2. The van der Waals surface area contributed by atoms with Gasteiger partial charge in [0.1, 0.15) is 5.82 Å². The molecule has 0 saturated carbocycles. The molecule has 2 rings (SSSR count). The first kappa shape index (κ1) is 15.7. The lowest BCUT2D eigenvalue weighted by molar-refractivity contribution is -0.139. The SMILES string of the molecule is CCn1cc(S(=O)(=O)NC(C(=O)O)c2cccs2)nc1C. The Balaban J connectivity index is 2.32. The Morgan fingerprint density at radius 2 is 2.29 bits per heavy atom. The topological polar surface area (TPSA) is 101 Å². The molecule has 1 unspecified atom stereocenters. The van der Waals surface area contributed by atoms with E-state index < -0.39 is 22.0 Å². The number of imidazole rings is 1. The maximum atomic E-state index is 12.3. The summed E-state index contributed by atoms with van der Waals surface area (Å²) in [7, 11) is -4.00. The van der Waals surface area contributed by atoms with Crippen molar-refractivity contribution < 1.29 is 18.3 Å². The zero-order valence-electron chi connectivity index (χ0n) is 11.5. The van der Waals surface area contributed by atoms with E-state index in [0.717, 1.165) is 0 Å². The first-order valence-corrected chi connectivity index (χ1v) is 8.53. The van der Waals surface area contributed by atoms with Crippen LogP contribution in [0.4, 0.5) is 0 Å². The molecule has 0 radical (unpaired) electrons. The Kier molecular flexibility index (Phi) is 4.45. The van der Waals surface area contributed by atoms with E-state index in [1.807, 2.05) is 6.92 Å². The minimum absolute atomic E-state index is 0.176. The summed E-state index contributed by atoms with van der Waals surface area (Å²) in [5.74, 6) is -0.700. The number of sulfonamides is 1. The molecule has 0 fully saturated rings. The van der Waals surface area contributed by atoms with E-state index in [-0.39, 0.29) is 5.03 Å². The van der Waals surface area contributed by atoms with Crippen molar-refractivity contribution in [3.05, 3.63) is 34.4 Å². The summed E-state index contributed by atoms with van der Waals surface area (Å²) in [5.41, 5.74) is 0. The quantitative estimate of drug-likeness (QED) is 0.833.